The largest absolute Gasteiger partial charge is 0.486 e. The number of carbonyl (C=O) groups excluding carboxylic acids is 1. The molecule has 4 rings (SSSR count). The number of ether oxygens (including phenoxy) is 2. The summed E-state index contributed by atoms with van der Waals surface area (Å²) < 4.78 is 11.3. The Balaban J connectivity index is 0.00000182. The molecule has 1 unspecified atom stereocenters. The van der Waals surface area contributed by atoms with Crippen LogP contribution < -0.4 is 15.2 Å². The summed E-state index contributed by atoms with van der Waals surface area (Å²) >= 11 is 0. The van der Waals surface area contributed by atoms with Gasteiger partial charge in [-0.2, -0.15) is 0 Å². The second-order valence-corrected chi connectivity index (χ2v) is 6.19. The first-order valence-corrected chi connectivity index (χ1v) is 8.28. The van der Waals surface area contributed by atoms with Gasteiger partial charge in [-0.3, -0.25) is 4.79 Å². The third-order valence-corrected chi connectivity index (χ3v) is 4.60. The molecule has 5 nitrogen and oxygen atoms in total. The van der Waals surface area contributed by atoms with Gasteiger partial charge in [-0.1, -0.05) is 12.1 Å². The number of hydrogen-bond donors (Lipinski definition) is 1. The lowest BCUT2D eigenvalue weighted by Gasteiger charge is -2.27. The second kappa shape index (κ2) is 7.23. The standard InChI is InChI=1S/C19H20N2O3.ClH/c20-15-4-1-3-14(11-15)19(22)21-8-2-5-16(21)13-6-7-17-18(12-13)24-10-9-23-17;/h1,3-4,6-7,11-12,16H,2,5,8-10,20H2;1H. The Morgan fingerprint density at radius 3 is 2.68 bits per heavy atom. The topological polar surface area (TPSA) is 64.8 Å². The summed E-state index contributed by atoms with van der Waals surface area (Å²) in [5.74, 6) is 1.57. The number of benzene rings is 2. The van der Waals surface area contributed by atoms with Crippen molar-refractivity contribution in [1.82, 2.24) is 4.90 Å². The highest BCUT2D eigenvalue weighted by molar-refractivity contribution is 5.95. The third kappa shape index (κ3) is 3.37. The molecule has 2 aliphatic rings. The molecule has 0 saturated carbocycles. The molecule has 0 aliphatic carbocycles. The number of carbonyl (C=O) groups is 1. The van der Waals surface area contributed by atoms with Gasteiger partial charge in [-0.15, -0.1) is 12.4 Å². The number of fused-ring (bicyclic) bond motifs is 1. The maximum absolute atomic E-state index is 12.9. The van der Waals surface area contributed by atoms with E-state index in [0.29, 0.717) is 24.5 Å². The molecule has 25 heavy (non-hydrogen) atoms. The Kier molecular flexibility index (Phi) is 5.04. The first kappa shape index (κ1) is 17.4. The number of rotatable bonds is 2. The molecular formula is C19H21ClN2O3. The van der Waals surface area contributed by atoms with Crippen molar-refractivity contribution in [3.8, 4) is 11.5 Å². The van der Waals surface area contributed by atoms with Gasteiger partial charge >= 0.3 is 0 Å². The second-order valence-electron chi connectivity index (χ2n) is 6.19. The van der Waals surface area contributed by atoms with Crippen LogP contribution in [-0.2, 0) is 0 Å². The van der Waals surface area contributed by atoms with Gasteiger partial charge in [-0.05, 0) is 48.7 Å². The summed E-state index contributed by atoms with van der Waals surface area (Å²) in [5.41, 5.74) is 8.15. The Hall–Kier alpha value is -2.40. The minimum Gasteiger partial charge on any atom is -0.486 e. The summed E-state index contributed by atoms with van der Waals surface area (Å²) in [6.07, 6.45) is 1.95. The van der Waals surface area contributed by atoms with Crippen molar-refractivity contribution in [2.24, 2.45) is 0 Å². The molecule has 2 aliphatic heterocycles. The van der Waals surface area contributed by atoms with E-state index in [4.69, 9.17) is 15.2 Å². The Morgan fingerprint density at radius 1 is 1.08 bits per heavy atom. The molecule has 6 heteroatoms. The van der Waals surface area contributed by atoms with Crippen LogP contribution in [0, 0.1) is 0 Å². The molecule has 0 spiro atoms. The molecule has 2 aromatic carbocycles. The van der Waals surface area contributed by atoms with Crippen molar-refractivity contribution in [2.45, 2.75) is 18.9 Å². The van der Waals surface area contributed by atoms with E-state index in [-0.39, 0.29) is 24.4 Å². The summed E-state index contributed by atoms with van der Waals surface area (Å²) in [4.78, 5) is 14.8. The molecule has 0 radical (unpaired) electrons. The Bertz CT molecular complexity index is 781. The highest BCUT2D eigenvalue weighted by atomic mass is 35.5. The van der Waals surface area contributed by atoms with Crippen LogP contribution in [0.1, 0.15) is 34.8 Å². The monoisotopic (exact) mass is 360 g/mol. The normalized spacial score (nSPS) is 18.6. The van der Waals surface area contributed by atoms with E-state index < -0.39 is 0 Å². The van der Waals surface area contributed by atoms with Crippen molar-refractivity contribution in [3.63, 3.8) is 0 Å². The van der Waals surface area contributed by atoms with Crippen molar-refractivity contribution in [2.75, 3.05) is 25.5 Å². The van der Waals surface area contributed by atoms with E-state index in [2.05, 4.69) is 0 Å². The number of likely N-dealkylation sites (tertiary alicyclic amines) is 1. The number of halogens is 1. The number of nitrogens with zero attached hydrogens (tertiary/aromatic N) is 1. The van der Waals surface area contributed by atoms with Gasteiger partial charge in [0.1, 0.15) is 13.2 Å². The molecular weight excluding hydrogens is 340 g/mol. The maximum Gasteiger partial charge on any atom is 0.254 e. The van der Waals surface area contributed by atoms with Crippen molar-refractivity contribution < 1.29 is 14.3 Å². The molecule has 0 aromatic heterocycles. The lowest BCUT2D eigenvalue weighted by atomic mass is 10.0. The van der Waals surface area contributed by atoms with Crippen LogP contribution in [0.4, 0.5) is 5.69 Å². The minimum atomic E-state index is 0. The number of hydrogen-bond acceptors (Lipinski definition) is 4. The third-order valence-electron chi connectivity index (χ3n) is 4.60. The minimum absolute atomic E-state index is 0. The molecule has 1 atom stereocenters. The van der Waals surface area contributed by atoms with Gasteiger partial charge in [0.15, 0.2) is 11.5 Å². The zero-order valence-electron chi connectivity index (χ0n) is 13.8. The van der Waals surface area contributed by atoms with Gasteiger partial charge in [0.2, 0.25) is 0 Å². The van der Waals surface area contributed by atoms with E-state index in [1.807, 2.05) is 35.2 Å². The van der Waals surface area contributed by atoms with Crippen LogP contribution in [0.2, 0.25) is 0 Å². The van der Waals surface area contributed by atoms with E-state index in [1.165, 1.54) is 0 Å². The van der Waals surface area contributed by atoms with Crippen LogP contribution in [0.25, 0.3) is 0 Å². The molecule has 2 N–H and O–H groups in total. The molecule has 132 valence electrons. The van der Waals surface area contributed by atoms with Crippen molar-refractivity contribution in [3.05, 3.63) is 53.6 Å². The Labute approximate surface area is 153 Å². The van der Waals surface area contributed by atoms with Crippen LogP contribution in [0.15, 0.2) is 42.5 Å². The predicted octanol–water partition coefficient (Wildman–Crippen LogP) is 3.44. The first-order valence-electron chi connectivity index (χ1n) is 8.28. The van der Waals surface area contributed by atoms with Gasteiger partial charge in [0, 0.05) is 17.8 Å². The van der Waals surface area contributed by atoms with Crippen LogP contribution in [0.3, 0.4) is 0 Å². The fourth-order valence-electron chi connectivity index (χ4n) is 3.46. The van der Waals surface area contributed by atoms with Gasteiger partial charge in [0.05, 0.1) is 6.04 Å². The quantitative estimate of drug-likeness (QED) is 0.833. The van der Waals surface area contributed by atoms with Crippen LogP contribution in [-0.4, -0.2) is 30.6 Å². The summed E-state index contributed by atoms with van der Waals surface area (Å²) in [6.45, 7) is 1.90. The molecule has 1 amide bonds. The molecule has 1 fully saturated rings. The van der Waals surface area contributed by atoms with E-state index in [9.17, 15) is 4.79 Å². The van der Waals surface area contributed by atoms with Crippen molar-refractivity contribution in [1.29, 1.82) is 0 Å². The zero-order valence-corrected chi connectivity index (χ0v) is 14.6. The summed E-state index contributed by atoms with van der Waals surface area (Å²) in [7, 11) is 0. The highest BCUT2D eigenvalue weighted by Crippen LogP contribution is 2.38. The van der Waals surface area contributed by atoms with E-state index in [0.717, 1.165) is 36.4 Å². The van der Waals surface area contributed by atoms with Gasteiger partial charge in [0.25, 0.3) is 5.91 Å². The molecule has 2 heterocycles. The van der Waals surface area contributed by atoms with E-state index in [1.54, 1.807) is 12.1 Å². The molecule has 0 bridgehead atoms. The smallest absolute Gasteiger partial charge is 0.254 e. The number of anilines is 1. The lowest BCUT2D eigenvalue weighted by molar-refractivity contribution is 0.0735. The molecule has 2 aromatic rings. The highest BCUT2D eigenvalue weighted by Gasteiger charge is 2.31. The number of nitrogen functional groups attached to an aromatic ring is 1. The fourth-order valence-corrected chi connectivity index (χ4v) is 3.46. The predicted molar refractivity (Wildman–Crippen MR) is 98.5 cm³/mol. The Morgan fingerprint density at radius 2 is 1.88 bits per heavy atom. The zero-order chi connectivity index (χ0) is 16.5. The van der Waals surface area contributed by atoms with Crippen LogP contribution >= 0.6 is 12.4 Å². The summed E-state index contributed by atoms with van der Waals surface area (Å²) in [5, 5.41) is 0. The van der Waals surface area contributed by atoms with E-state index >= 15 is 0 Å². The number of nitrogens with two attached hydrogens (primary N) is 1. The van der Waals surface area contributed by atoms with Gasteiger partial charge < -0.3 is 20.1 Å². The van der Waals surface area contributed by atoms with Gasteiger partial charge in [-0.25, -0.2) is 0 Å². The molecule has 1 saturated heterocycles. The summed E-state index contributed by atoms with van der Waals surface area (Å²) in [6, 6.07) is 13.2. The first-order chi connectivity index (χ1) is 11.7. The van der Waals surface area contributed by atoms with Crippen LogP contribution in [0.5, 0.6) is 11.5 Å². The lowest BCUT2D eigenvalue weighted by Crippen LogP contribution is -2.30. The van der Waals surface area contributed by atoms with Crippen molar-refractivity contribution >= 4 is 24.0 Å². The fraction of sp³-hybridized carbons (Fsp3) is 0.316. The SMILES string of the molecule is Cl.Nc1cccc(C(=O)N2CCCC2c2ccc3c(c2)OCCO3)c1. The average molecular weight is 361 g/mol. The average Bonchev–Trinajstić information content (AvgIpc) is 3.10. The maximum atomic E-state index is 12.9. The number of amides is 1.